The van der Waals surface area contributed by atoms with Crippen LogP contribution >= 0.6 is 11.6 Å². The van der Waals surface area contributed by atoms with Crippen LogP contribution in [0.3, 0.4) is 0 Å². The summed E-state index contributed by atoms with van der Waals surface area (Å²) in [7, 11) is 1.56. The molecule has 1 saturated heterocycles. The molecule has 8 nitrogen and oxygen atoms in total. The first-order valence-electron chi connectivity index (χ1n) is 9.75. The third-order valence-corrected chi connectivity index (χ3v) is 5.58. The van der Waals surface area contributed by atoms with Crippen LogP contribution in [0.2, 0.25) is 5.02 Å². The van der Waals surface area contributed by atoms with Gasteiger partial charge in [0.05, 0.1) is 17.8 Å². The predicted octanol–water partition coefficient (Wildman–Crippen LogP) is 2.43. The van der Waals surface area contributed by atoms with E-state index in [2.05, 4.69) is 16.9 Å². The van der Waals surface area contributed by atoms with Gasteiger partial charge >= 0.3 is 0 Å². The zero-order valence-corrected chi connectivity index (χ0v) is 18.7. The maximum atomic E-state index is 13.1. The van der Waals surface area contributed by atoms with Crippen molar-refractivity contribution in [1.29, 1.82) is 0 Å². The molecule has 9 heteroatoms. The standard InChI is InChI=1S/C22H25ClN4O4/c1-6-18(29)27-10-12(11-27)25-21(31)16-9-24-20(26(16)5)19(30)13-7-14(22(2,3)4)15(23)8-17(13)28/h6-9,12,28H,1,10-11H2,2-5H3,(H,25,31). The van der Waals surface area contributed by atoms with Gasteiger partial charge in [-0.05, 0) is 29.2 Å². The number of amides is 2. The van der Waals surface area contributed by atoms with E-state index in [-0.39, 0.29) is 40.2 Å². The minimum atomic E-state index is -0.521. The molecule has 0 aliphatic carbocycles. The van der Waals surface area contributed by atoms with E-state index in [1.807, 2.05) is 20.8 Å². The second kappa shape index (κ2) is 8.19. The van der Waals surface area contributed by atoms with E-state index in [1.54, 1.807) is 18.0 Å². The topological polar surface area (TPSA) is 105 Å². The van der Waals surface area contributed by atoms with E-state index in [9.17, 15) is 19.5 Å². The Hall–Kier alpha value is -3.13. The molecule has 1 aliphatic heterocycles. The average molecular weight is 445 g/mol. The summed E-state index contributed by atoms with van der Waals surface area (Å²) < 4.78 is 1.38. The molecule has 0 atom stereocenters. The van der Waals surface area contributed by atoms with E-state index >= 15 is 0 Å². The van der Waals surface area contributed by atoms with Gasteiger partial charge in [0.15, 0.2) is 5.82 Å². The maximum absolute atomic E-state index is 13.1. The van der Waals surface area contributed by atoms with Crippen LogP contribution in [0.25, 0.3) is 0 Å². The number of halogens is 1. The highest BCUT2D eigenvalue weighted by atomic mass is 35.5. The molecule has 164 valence electrons. The lowest BCUT2D eigenvalue weighted by molar-refractivity contribution is -0.130. The van der Waals surface area contributed by atoms with Crippen molar-refractivity contribution in [3.05, 3.63) is 58.7 Å². The molecule has 31 heavy (non-hydrogen) atoms. The molecule has 3 rings (SSSR count). The summed E-state index contributed by atoms with van der Waals surface area (Å²) in [6.07, 6.45) is 2.54. The summed E-state index contributed by atoms with van der Waals surface area (Å²) in [5, 5.41) is 13.5. The number of nitrogens with one attached hydrogen (secondary N) is 1. The van der Waals surface area contributed by atoms with Crippen molar-refractivity contribution in [1.82, 2.24) is 19.8 Å². The number of phenols is 1. The van der Waals surface area contributed by atoms with E-state index in [1.165, 1.54) is 22.9 Å². The largest absolute Gasteiger partial charge is 0.507 e. The van der Waals surface area contributed by atoms with Gasteiger partial charge in [-0.3, -0.25) is 14.4 Å². The van der Waals surface area contributed by atoms with Crippen LogP contribution in [0.5, 0.6) is 5.75 Å². The van der Waals surface area contributed by atoms with Crippen LogP contribution in [-0.4, -0.2) is 56.3 Å². The lowest BCUT2D eigenvalue weighted by atomic mass is 9.85. The molecule has 1 aromatic carbocycles. The second-order valence-corrected chi connectivity index (χ2v) is 8.98. The molecule has 1 aromatic heterocycles. The van der Waals surface area contributed by atoms with Crippen molar-refractivity contribution >= 4 is 29.2 Å². The van der Waals surface area contributed by atoms with Gasteiger partial charge in [0.2, 0.25) is 11.7 Å². The number of carbonyl (C=O) groups excluding carboxylic acids is 3. The smallest absolute Gasteiger partial charge is 0.269 e. The van der Waals surface area contributed by atoms with Crippen molar-refractivity contribution in [3.8, 4) is 5.75 Å². The quantitative estimate of drug-likeness (QED) is 0.544. The molecule has 0 saturated carbocycles. The number of phenolic OH excluding ortho intramolecular Hbond substituents is 1. The number of aromatic hydroxyl groups is 1. The van der Waals surface area contributed by atoms with Gasteiger partial charge in [-0.1, -0.05) is 39.0 Å². The van der Waals surface area contributed by atoms with Crippen LogP contribution in [0.1, 0.15) is 53.0 Å². The Bertz CT molecular complexity index is 1080. The fourth-order valence-corrected chi connectivity index (χ4v) is 3.85. The van der Waals surface area contributed by atoms with Gasteiger partial charge in [-0.2, -0.15) is 0 Å². The molecule has 2 N–H and O–H groups in total. The average Bonchev–Trinajstić information content (AvgIpc) is 3.03. The molecule has 0 unspecified atom stereocenters. The number of carbonyl (C=O) groups is 3. The number of aromatic nitrogens is 2. The lowest BCUT2D eigenvalue weighted by Crippen LogP contribution is -2.60. The summed E-state index contributed by atoms with van der Waals surface area (Å²) in [5.41, 5.74) is 0.635. The number of rotatable bonds is 5. The summed E-state index contributed by atoms with van der Waals surface area (Å²) in [4.78, 5) is 42.9. The maximum Gasteiger partial charge on any atom is 0.269 e. The van der Waals surface area contributed by atoms with Crippen LogP contribution in [0.4, 0.5) is 0 Å². The zero-order valence-electron chi connectivity index (χ0n) is 17.9. The molecule has 2 aromatic rings. The van der Waals surface area contributed by atoms with Gasteiger partial charge in [0.25, 0.3) is 5.91 Å². The number of nitrogens with zero attached hydrogens (tertiary/aromatic N) is 3. The summed E-state index contributed by atoms with van der Waals surface area (Å²) >= 11 is 6.25. The van der Waals surface area contributed by atoms with Gasteiger partial charge in [-0.15, -0.1) is 0 Å². The van der Waals surface area contributed by atoms with E-state index in [0.29, 0.717) is 23.7 Å². The molecule has 0 spiro atoms. The van der Waals surface area contributed by atoms with E-state index in [4.69, 9.17) is 11.6 Å². The number of benzene rings is 1. The fourth-order valence-electron chi connectivity index (χ4n) is 3.41. The third-order valence-electron chi connectivity index (χ3n) is 5.26. The van der Waals surface area contributed by atoms with Crippen LogP contribution in [0, 0.1) is 0 Å². The Morgan fingerprint density at radius 1 is 1.29 bits per heavy atom. The number of hydrogen-bond acceptors (Lipinski definition) is 5. The van der Waals surface area contributed by atoms with E-state index in [0.717, 1.165) is 0 Å². The first kappa shape index (κ1) is 22.6. The Balaban J connectivity index is 1.80. The minimum Gasteiger partial charge on any atom is -0.507 e. The van der Waals surface area contributed by atoms with Gasteiger partial charge in [0.1, 0.15) is 11.4 Å². The van der Waals surface area contributed by atoms with Crippen molar-refractivity contribution in [2.45, 2.75) is 32.2 Å². The molecule has 0 radical (unpaired) electrons. The first-order chi connectivity index (χ1) is 14.4. The summed E-state index contributed by atoms with van der Waals surface area (Å²) in [5.74, 6) is -1.34. The second-order valence-electron chi connectivity index (χ2n) is 8.57. The highest BCUT2D eigenvalue weighted by molar-refractivity contribution is 6.32. The van der Waals surface area contributed by atoms with Crippen molar-refractivity contribution in [3.63, 3.8) is 0 Å². The summed E-state index contributed by atoms with van der Waals surface area (Å²) in [6.45, 7) is 10.1. The molecular weight excluding hydrogens is 420 g/mol. The van der Waals surface area contributed by atoms with Crippen LogP contribution < -0.4 is 5.32 Å². The lowest BCUT2D eigenvalue weighted by Gasteiger charge is -2.38. The zero-order chi connectivity index (χ0) is 23.1. The monoisotopic (exact) mass is 444 g/mol. The normalized spacial score (nSPS) is 14.2. The fraction of sp³-hybridized carbons (Fsp3) is 0.364. The first-order valence-corrected chi connectivity index (χ1v) is 10.1. The highest BCUT2D eigenvalue weighted by Crippen LogP contribution is 2.35. The Labute approximate surface area is 185 Å². The Morgan fingerprint density at radius 3 is 2.52 bits per heavy atom. The molecule has 1 aliphatic rings. The number of ketones is 1. The minimum absolute atomic E-state index is 0.0136. The number of imidazole rings is 1. The molecule has 1 fully saturated rings. The highest BCUT2D eigenvalue weighted by Gasteiger charge is 2.32. The Kier molecular flexibility index (Phi) is 5.96. The van der Waals surface area contributed by atoms with Crippen LogP contribution in [-0.2, 0) is 17.3 Å². The number of likely N-dealkylation sites (tertiary alicyclic amines) is 1. The van der Waals surface area contributed by atoms with Crippen molar-refractivity contribution in [2.75, 3.05) is 13.1 Å². The SMILES string of the molecule is C=CC(=O)N1CC(NC(=O)c2cnc(C(=O)c3cc(C(C)(C)C)c(Cl)cc3O)n2C)C1. The molecule has 0 bridgehead atoms. The number of hydrogen-bond donors (Lipinski definition) is 2. The summed E-state index contributed by atoms with van der Waals surface area (Å²) in [6, 6.07) is 2.73. The predicted molar refractivity (Wildman–Crippen MR) is 116 cm³/mol. The molecule has 2 amide bonds. The van der Waals surface area contributed by atoms with Crippen LogP contribution in [0.15, 0.2) is 31.0 Å². The Morgan fingerprint density at radius 2 is 1.94 bits per heavy atom. The van der Waals surface area contributed by atoms with Crippen molar-refractivity contribution < 1.29 is 19.5 Å². The molecular formula is C22H25ClN4O4. The molecule has 2 heterocycles. The third kappa shape index (κ3) is 4.34. The van der Waals surface area contributed by atoms with Gasteiger partial charge in [-0.25, -0.2) is 4.98 Å². The van der Waals surface area contributed by atoms with Gasteiger partial charge in [0, 0.05) is 25.2 Å². The van der Waals surface area contributed by atoms with Crippen molar-refractivity contribution in [2.24, 2.45) is 7.05 Å². The van der Waals surface area contributed by atoms with E-state index < -0.39 is 11.7 Å². The van der Waals surface area contributed by atoms with Gasteiger partial charge < -0.3 is 19.9 Å².